The molecule has 2 amide bonds. The summed E-state index contributed by atoms with van der Waals surface area (Å²) in [6.45, 7) is 2.11. The normalized spacial score (nSPS) is 12.7. The average molecular weight is 399 g/mol. The summed E-state index contributed by atoms with van der Waals surface area (Å²) in [5.74, 6) is -0.384. The molecule has 152 valence electrons. The summed E-state index contributed by atoms with van der Waals surface area (Å²) in [6.07, 6.45) is 1.71. The molecule has 0 saturated carbocycles. The van der Waals surface area contributed by atoms with Gasteiger partial charge in [-0.3, -0.25) is 19.7 Å². The number of nitro benzene ring substituents is 1. The first-order chi connectivity index (χ1) is 13.8. The van der Waals surface area contributed by atoms with Crippen molar-refractivity contribution in [1.29, 1.82) is 0 Å². The van der Waals surface area contributed by atoms with Crippen LogP contribution in [0.5, 0.6) is 11.5 Å². The lowest BCUT2D eigenvalue weighted by atomic mass is 10.0. The van der Waals surface area contributed by atoms with Gasteiger partial charge in [-0.2, -0.15) is 0 Å². The monoisotopic (exact) mass is 399 g/mol. The van der Waals surface area contributed by atoms with E-state index >= 15 is 0 Å². The van der Waals surface area contributed by atoms with Crippen LogP contribution in [0.2, 0.25) is 0 Å². The fraction of sp³-hybridized carbons (Fsp3) is 0.300. The molecule has 0 spiro atoms. The van der Waals surface area contributed by atoms with Gasteiger partial charge in [0.15, 0.2) is 11.5 Å². The number of carbonyl (C=O) groups excluding carboxylic acids is 2. The molecule has 0 radical (unpaired) electrons. The molecular formula is C20H21N3O6. The highest BCUT2D eigenvalue weighted by Gasteiger charge is 2.25. The van der Waals surface area contributed by atoms with Crippen LogP contribution in [-0.2, 0) is 11.2 Å². The molecule has 9 heteroatoms. The summed E-state index contributed by atoms with van der Waals surface area (Å²) in [6, 6.07) is 7.70. The number of benzene rings is 2. The topological polar surface area (TPSA) is 111 Å². The molecule has 0 atom stereocenters. The van der Waals surface area contributed by atoms with Gasteiger partial charge in [-0.1, -0.05) is 6.07 Å². The molecule has 9 nitrogen and oxygen atoms in total. The summed E-state index contributed by atoms with van der Waals surface area (Å²) >= 11 is 0. The molecule has 1 N–H and O–H groups in total. The molecule has 0 aromatic heterocycles. The third-order valence-electron chi connectivity index (χ3n) is 4.79. The van der Waals surface area contributed by atoms with E-state index in [4.69, 9.17) is 9.47 Å². The van der Waals surface area contributed by atoms with Gasteiger partial charge in [0.25, 0.3) is 11.6 Å². The zero-order valence-corrected chi connectivity index (χ0v) is 16.4. The average Bonchev–Trinajstić information content (AvgIpc) is 2.71. The Kier molecular flexibility index (Phi) is 5.67. The molecule has 1 aliphatic heterocycles. The minimum Gasteiger partial charge on any atom is -0.493 e. The van der Waals surface area contributed by atoms with Crippen LogP contribution in [0.15, 0.2) is 30.3 Å². The molecule has 0 bridgehead atoms. The number of anilines is 2. The first-order valence-electron chi connectivity index (χ1n) is 8.98. The molecule has 1 aliphatic rings. The number of methoxy groups -OCH3 is 2. The van der Waals surface area contributed by atoms with Gasteiger partial charge in [0.05, 0.1) is 25.2 Å². The van der Waals surface area contributed by atoms with Crippen LogP contribution >= 0.6 is 0 Å². The Morgan fingerprint density at radius 1 is 1.14 bits per heavy atom. The Balaban J connectivity index is 1.96. The second-order valence-corrected chi connectivity index (χ2v) is 6.55. The van der Waals surface area contributed by atoms with Gasteiger partial charge < -0.3 is 19.7 Å². The highest BCUT2D eigenvalue weighted by molar-refractivity contribution is 6.08. The number of aryl methyl sites for hydroxylation is 1. The van der Waals surface area contributed by atoms with Crippen molar-refractivity contribution in [3.05, 3.63) is 51.6 Å². The van der Waals surface area contributed by atoms with Gasteiger partial charge in [0, 0.05) is 30.9 Å². The van der Waals surface area contributed by atoms with E-state index in [9.17, 15) is 19.7 Å². The van der Waals surface area contributed by atoms with E-state index in [1.54, 1.807) is 17.0 Å². The van der Waals surface area contributed by atoms with Crippen LogP contribution in [-0.4, -0.2) is 37.5 Å². The molecule has 0 aliphatic carbocycles. The Morgan fingerprint density at radius 3 is 2.45 bits per heavy atom. The summed E-state index contributed by atoms with van der Waals surface area (Å²) in [7, 11) is 2.74. The number of fused-ring (bicyclic) bond motifs is 1. The Hall–Kier alpha value is -3.62. The van der Waals surface area contributed by atoms with Crippen LogP contribution in [0.4, 0.5) is 17.1 Å². The highest BCUT2D eigenvalue weighted by Crippen LogP contribution is 2.35. The number of rotatable bonds is 5. The van der Waals surface area contributed by atoms with E-state index < -0.39 is 16.5 Å². The quantitative estimate of drug-likeness (QED) is 0.611. The van der Waals surface area contributed by atoms with E-state index in [0.717, 1.165) is 30.2 Å². The van der Waals surface area contributed by atoms with Gasteiger partial charge in [-0.25, -0.2) is 0 Å². The molecule has 0 fully saturated rings. The van der Waals surface area contributed by atoms with Gasteiger partial charge in [-0.05, 0) is 30.5 Å². The van der Waals surface area contributed by atoms with E-state index in [1.165, 1.54) is 27.2 Å². The van der Waals surface area contributed by atoms with Crippen molar-refractivity contribution < 1.29 is 24.0 Å². The smallest absolute Gasteiger partial charge is 0.286 e. The number of carbonyl (C=O) groups is 2. The Morgan fingerprint density at radius 2 is 1.83 bits per heavy atom. The minimum atomic E-state index is -0.664. The molecule has 0 saturated heterocycles. The number of nitro groups is 1. The predicted molar refractivity (Wildman–Crippen MR) is 107 cm³/mol. The van der Waals surface area contributed by atoms with Crippen molar-refractivity contribution in [2.24, 2.45) is 0 Å². The second-order valence-electron chi connectivity index (χ2n) is 6.55. The standard InChI is InChI=1S/C20H21N3O6/c1-12(24)22-8-4-5-13-6-7-14(9-16(13)22)21-20(25)15-10-18(28-2)19(29-3)11-17(15)23(26)27/h6-7,9-11H,4-5,8H2,1-3H3,(H,21,25). The van der Waals surface area contributed by atoms with Gasteiger partial charge in [0.1, 0.15) is 5.56 Å². The Bertz CT molecular complexity index is 988. The van der Waals surface area contributed by atoms with Crippen molar-refractivity contribution >= 4 is 28.9 Å². The first-order valence-corrected chi connectivity index (χ1v) is 8.98. The van der Waals surface area contributed by atoms with Crippen LogP contribution in [0.25, 0.3) is 0 Å². The SMILES string of the molecule is COc1cc(C(=O)Nc2ccc3c(c2)N(C(C)=O)CCC3)c([N+](=O)[O-])cc1OC. The maximum atomic E-state index is 12.8. The van der Waals surface area contributed by atoms with Crippen LogP contribution in [0.1, 0.15) is 29.3 Å². The predicted octanol–water partition coefficient (Wildman–Crippen LogP) is 3.16. The first kappa shape index (κ1) is 20.1. The fourth-order valence-electron chi connectivity index (χ4n) is 3.38. The van der Waals surface area contributed by atoms with Crippen LogP contribution < -0.4 is 19.7 Å². The van der Waals surface area contributed by atoms with Gasteiger partial charge in [-0.15, -0.1) is 0 Å². The van der Waals surface area contributed by atoms with Gasteiger partial charge in [0.2, 0.25) is 5.91 Å². The van der Waals surface area contributed by atoms with Gasteiger partial charge >= 0.3 is 0 Å². The molecule has 29 heavy (non-hydrogen) atoms. The number of hydrogen-bond donors (Lipinski definition) is 1. The van der Waals surface area contributed by atoms with Crippen LogP contribution in [0.3, 0.4) is 0 Å². The molecule has 1 heterocycles. The third kappa shape index (κ3) is 3.98. The van der Waals surface area contributed by atoms with Crippen molar-refractivity contribution in [2.75, 3.05) is 31.0 Å². The number of nitrogens with one attached hydrogen (secondary N) is 1. The van der Waals surface area contributed by atoms with Crippen molar-refractivity contribution in [1.82, 2.24) is 0 Å². The lowest BCUT2D eigenvalue weighted by Crippen LogP contribution is -2.33. The molecule has 2 aromatic rings. The molecule has 0 unspecified atom stereocenters. The van der Waals surface area contributed by atoms with Crippen molar-refractivity contribution in [3.63, 3.8) is 0 Å². The largest absolute Gasteiger partial charge is 0.493 e. The van der Waals surface area contributed by atoms with E-state index in [1.807, 2.05) is 6.07 Å². The van der Waals surface area contributed by atoms with E-state index in [2.05, 4.69) is 5.32 Å². The Labute approximate surface area is 167 Å². The highest BCUT2D eigenvalue weighted by atomic mass is 16.6. The fourth-order valence-corrected chi connectivity index (χ4v) is 3.38. The van der Waals surface area contributed by atoms with Crippen molar-refractivity contribution in [3.8, 4) is 11.5 Å². The summed E-state index contributed by atoms with van der Waals surface area (Å²) in [4.78, 5) is 37.2. The number of nitrogens with zero attached hydrogens (tertiary/aromatic N) is 2. The maximum absolute atomic E-state index is 12.8. The lowest BCUT2D eigenvalue weighted by Gasteiger charge is -2.29. The number of amides is 2. The summed E-state index contributed by atoms with van der Waals surface area (Å²) in [5, 5.41) is 14.1. The lowest BCUT2D eigenvalue weighted by molar-refractivity contribution is -0.385. The summed E-state index contributed by atoms with van der Waals surface area (Å²) in [5.41, 5.74) is 1.63. The van der Waals surface area contributed by atoms with Crippen LogP contribution in [0, 0.1) is 10.1 Å². The number of ether oxygens (including phenoxy) is 2. The zero-order valence-electron chi connectivity index (χ0n) is 16.4. The van der Waals surface area contributed by atoms with Crippen molar-refractivity contribution in [2.45, 2.75) is 19.8 Å². The summed E-state index contributed by atoms with van der Waals surface area (Å²) < 4.78 is 10.2. The van der Waals surface area contributed by atoms with E-state index in [-0.39, 0.29) is 23.0 Å². The number of hydrogen-bond acceptors (Lipinski definition) is 6. The molecular weight excluding hydrogens is 378 g/mol. The zero-order chi connectivity index (χ0) is 21.1. The van der Waals surface area contributed by atoms with E-state index in [0.29, 0.717) is 12.2 Å². The molecule has 3 rings (SSSR count). The minimum absolute atomic E-state index is 0.0787. The third-order valence-corrected chi connectivity index (χ3v) is 4.79. The second kappa shape index (κ2) is 8.17. The molecule has 2 aromatic carbocycles. The maximum Gasteiger partial charge on any atom is 0.286 e.